The van der Waals surface area contributed by atoms with Crippen molar-refractivity contribution in [1.82, 2.24) is 0 Å². The third-order valence-electron chi connectivity index (χ3n) is 2.92. The molecule has 0 aliphatic carbocycles. The summed E-state index contributed by atoms with van der Waals surface area (Å²) in [7, 11) is 0. The lowest BCUT2D eigenvalue weighted by Gasteiger charge is -2.00. The normalized spacial score (nSPS) is 11.1. The van der Waals surface area contributed by atoms with Crippen LogP contribution in [0.1, 0.15) is 18.4 Å². The van der Waals surface area contributed by atoms with Crippen LogP contribution >= 0.6 is 28.6 Å². The fourth-order valence-corrected chi connectivity index (χ4v) is 2.28. The Labute approximate surface area is 133 Å². The molecule has 0 aromatic heterocycles. The van der Waals surface area contributed by atoms with Crippen LogP contribution in [0.5, 0.6) is 0 Å². The van der Waals surface area contributed by atoms with Crippen LogP contribution < -0.4 is 0 Å². The van der Waals surface area contributed by atoms with E-state index in [4.69, 9.17) is 0 Å². The van der Waals surface area contributed by atoms with Gasteiger partial charge in [-0.2, -0.15) is 22.9 Å². The van der Waals surface area contributed by atoms with E-state index < -0.39 is 0 Å². The Morgan fingerprint density at radius 2 is 1.35 bits per heavy atom. The predicted molar refractivity (Wildman–Crippen MR) is 91.6 cm³/mol. The maximum absolute atomic E-state index is 4.24. The van der Waals surface area contributed by atoms with Crippen molar-refractivity contribution >= 4 is 39.9 Å². The zero-order valence-corrected chi connectivity index (χ0v) is 13.6. The first kappa shape index (κ1) is 15.3. The number of unbranched alkanes of at least 4 members (excludes halogenated alkanes) is 1. The molecule has 0 bridgehead atoms. The Hall–Kier alpha value is -1.13. The third-order valence-corrected chi connectivity index (χ3v) is 3.76. The molecule has 0 saturated heterocycles. The molecule has 0 spiro atoms. The van der Waals surface area contributed by atoms with Gasteiger partial charge in [-0.15, -0.1) is 0 Å². The van der Waals surface area contributed by atoms with E-state index in [1.807, 2.05) is 36.4 Å². The number of hydrogen-bond acceptors (Lipinski definition) is 3. The van der Waals surface area contributed by atoms with Crippen molar-refractivity contribution in [2.75, 3.05) is 5.75 Å². The lowest BCUT2D eigenvalue weighted by Crippen LogP contribution is -1.85. The number of azo groups is 1. The summed E-state index contributed by atoms with van der Waals surface area (Å²) in [4.78, 5) is 0. The smallest absolute Gasteiger partial charge is 0.0857 e. The highest BCUT2D eigenvalue weighted by Gasteiger charge is 1.95. The lowest BCUT2D eigenvalue weighted by molar-refractivity contribution is 0.804. The zero-order valence-electron chi connectivity index (χ0n) is 11.2. The number of rotatable bonds is 6. The molecule has 104 valence electrons. The molecule has 0 amide bonds. The SMILES string of the molecule is SCCCCc1ccc(N=Nc2ccc(Br)cc2)cc1. The second-order valence-corrected chi connectivity index (χ2v) is 5.89. The van der Waals surface area contributed by atoms with Gasteiger partial charge in [0.1, 0.15) is 0 Å². The number of benzene rings is 2. The van der Waals surface area contributed by atoms with Crippen LogP contribution in [0.2, 0.25) is 0 Å². The van der Waals surface area contributed by atoms with Gasteiger partial charge in [-0.05, 0) is 67.0 Å². The summed E-state index contributed by atoms with van der Waals surface area (Å²) in [6.45, 7) is 0. The number of hydrogen-bond donors (Lipinski definition) is 1. The molecule has 2 aromatic carbocycles. The van der Waals surface area contributed by atoms with Gasteiger partial charge in [0, 0.05) is 4.47 Å². The van der Waals surface area contributed by atoms with Crippen molar-refractivity contribution in [2.24, 2.45) is 10.2 Å². The molecule has 4 heteroatoms. The van der Waals surface area contributed by atoms with Crippen molar-refractivity contribution in [3.8, 4) is 0 Å². The van der Waals surface area contributed by atoms with E-state index in [1.54, 1.807) is 0 Å². The van der Waals surface area contributed by atoms with Crippen LogP contribution in [0.15, 0.2) is 63.2 Å². The number of nitrogens with zero attached hydrogens (tertiary/aromatic N) is 2. The van der Waals surface area contributed by atoms with Crippen LogP contribution in [-0.4, -0.2) is 5.75 Å². The topological polar surface area (TPSA) is 24.7 Å². The molecular weight excluding hydrogens is 332 g/mol. The first-order valence-corrected chi connectivity index (χ1v) is 8.07. The first-order valence-electron chi connectivity index (χ1n) is 6.65. The van der Waals surface area contributed by atoms with Crippen LogP contribution in [-0.2, 0) is 6.42 Å². The maximum Gasteiger partial charge on any atom is 0.0857 e. The zero-order chi connectivity index (χ0) is 14.2. The molecule has 20 heavy (non-hydrogen) atoms. The molecule has 0 fully saturated rings. The van der Waals surface area contributed by atoms with Gasteiger partial charge in [-0.1, -0.05) is 28.1 Å². The first-order chi connectivity index (χ1) is 9.78. The molecule has 0 atom stereocenters. The highest BCUT2D eigenvalue weighted by atomic mass is 79.9. The fraction of sp³-hybridized carbons (Fsp3) is 0.250. The summed E-state index contributed by atoms with van der Waals surface area (Å²) < 4.78 is 1.04. The largest absolute Gasteiger partial charge is 0.179 e. The second-order valence-electron chi connectivity index (χ2n) is 4.52. The third kappa shape index (κ3) is 5.10. The Kier molecular flexibility index (Phi) is 6.27. The van der Waals surface area contributed by atoms with E-state index in [1.165, 1.54) is 12.0 Å². The predicted octanol–water partition coefficient (Wildman–Crippen LogP) is 6.12. The quantitative estimate of drug-likeness (QED) is 0.369. The average molecular weight is 349 g/mol. The molecule has 0 aliphatic rings. The van der Waals surface area contributed by atoms with Gasteiger partial charge in [-0.25, -0.2) is 0 Å². The number of halogens is 1. The van der Waals surface area contributed by atoms with Crippen molar-refractivity contribution < 1.29 is 0 Å². The molecule has 2 aromatic rings. The van der Waals surface area contributed by atoms with Gasteiger partial charge >= 0.3 is 0 Å². The minimum Gasteiger partial charge on any atom is -0.179 e. The molecule has 0 N–H and O–H groups in total. The lowest BCUT2D eigenvalue weighted by atomic mass is 10.1. The fourth-order valence-electron chi connectivity index (χ4n) is 1.79. The second kappa shape index (κ2) is 8.22. The summed E-state index contributed by atoms with van der Waals surface area (Å²) in [6, 6.07) is 16.0. The Morgan fingerprint density at radius 3 is 1.90 bits per heavy atom. The van der Waals surface area contributed by atoms with Gasteiger partial charge in [0.05, 0.1) is 11.4 Å². The molecule has 0 unspecified atom stereocenters. The molecule has 0 radical (unpaired) electrons. The Balaban J connectivity index is 1.94. The van der Waals surface area contributed by atoms with E-state index in [9.17, 15) is 0 Å². The monoisotopic (exact) mass is 348 g/mol. The van der Waals surface area contributed by atoms with Crippen LogP contribution in [0.3, 0.4) is 0 Å². The van der Waals surface area contributed by atoms with E-state index in [0.29, 0.717) is 0 Å². The summed E-state index contributed by atoms with van der Waals surface area (Å²) in [6.07, 6.45) is 3.45. The van der Waals surface area contributed by atoms with Crippen LogP contribution in [0, 0.1) is 0 Å². The van der Waals surface area contributed by atoms with E-state index in [2.05, 4.69) is 50.9 Å². The maximum atomic E-state index is 4.24. The summed E-state index contributed by atoms with van der Waals surface area (Å²) in [5.41, 5.74) is 3.08. The van der Waals surface area contributed by atoms with E-state index >= 15 is 0 Å². The van der Waals surface area contributed by atoms with Crippen molar-refractivity contribution in [3.05, 3.63) is 58.6 Å². The molecule has 2 nitrogen and oxygen atoms in total. The number of aryl methyl sites for hydroxylation is 1. The highest BCUT2D eigenvalue weighted by Crippen LogP contribution is 2.21. The highest BCUT2D eigenvalue weighted by molar-refractivity contribution is 9.10. The molecule has 0 saturated carbocycles. The Morgan fingerprint density at radius 1 is 0.800 bits per heavy atom. The Bertz CT molecular complexity index is 550. The van der Waals surface area contributed by atoms with Gasteiger partial charge in [0.2, 0.25) is 0 Å². The van der Waals surface area contributed by atoms with Gasteiger partial charge in [0.15, 0.2) is 0 Å². The van der Waals surface area contributed by atoms with Crippen molar-refractivity contribution in [3.63, 3.8) is 0 Å². The van der Waals surface area contributed by atoms with Crippen molar-refractivity contribution in [1.29, 1.82) is 0 Å². The standard InChI is InChI=1S/C16H17BrN2S/c17-14-6-10-16(11-7-14)19-18-15-8-4-13(5-9-15)3-1-2-12-20/h4-11,20H,1-3,12H2. The van der Waals surface area contributed by atoms with Crippen LogP contribution in [0.25, 0.3) is 0 Å². The van der Waals surface area contributed by atoms with E-state index in [-0.39, 0.29) is 0 Å². The van der Waals surface area contributed by atoms with Gasteiger partial charge < -0.3 is 0 Å². The van der Waals surface area contributed by atoms with Gasteiger partial charge in [0.25, 0.3) is 0 Å². The average Bonchev–Trinajstić information content (AvgIpc) is 2.48. The van der Waals surface area contributed by atoms with E-state index in [0.717, 1.165) is 34.4 Å². The molecule has 0 heterocycles. The molecule has 2 rings (SSSR count). The summed E-state index contributed by atoms with van der Waals surface area (Å²) >= 11 is 7.62. The number of thiol groups is 1. The summed E-state index contributed by atoms with van der Waals surface area (Å²) in [5, 5.41) is 8.46. The van der Waals surface area contributed by atoms with Crippen LogP contribution in [0.4, 0.5) is 11.4 Å². The minimum absolute atomic E-state index is 0.853. The minimum atomic E-state index is 0.853. The molecular formula is C16H17BrN2S. The van der Waals surface area contributed by atoms with Gasteiger partial charge in [-0.3, -0.25) is 0 Å². The van der Waals surface area contributed by atoms with Crippen molar-refractivity contribution in [2.45, 2.75) is 19.3 Å². The summed E-state index contributed by atoms with van der Waals surface area (Å²) in [5.74, 6) is 0.958. The molecule has 0 aliphatic heterocycles.